The highest BCUT2D eigenvalue weighted by molar-refractivity contribution is 5.88. The second kappa shape index (κ2) is 3.76. The van der Waals surface area contributed by atoms with Gasteiger partial charge < -0.3 is 4.57 Å². The first kappa shape index (κ1) is 11.2. The van der Waals surface area contributed by atoms with Gasteiger partial charge in [-0.05, 0) is 44.4 Å². The van der Waals surface area contributed by atoms with Crippen LogP contribution in [0.1, 0.15) is 37.1 Å². The Bertz CT molecular complexity index is 737. The summed E-state index contributed by atoms with van der Waals surface area (Å²) in [5.41, 5.74) is 6.20. The molecule has 102 valence electrons. The van der Waals surface area contributed by atoms with Crippen molar-refractivity contribution in [3.8, 4) is 0 Å². The highest BCUT2D eigenvalue weighted by atomic mass is 15.2. The van der Waals surface area contributed by atoms with Gasteiger partial charge in [-0.1, -0.05) is 23.8 Å². The molecule has 0 bridgehead atoms. The van der Waals surface area contributed by atoms with E-state index in [-0.39, 0.29) is 0 Å². The molecule has 3 aliphatic heterocycles. The van der Waals surface area contributed by atoms with E-state index >= 15 is 0 Å². The topological polar surface area (TPSA) is 8.17 Å². The van der Waals surface area contributed by atoms with Gasteiger partial charge in [-0.25, -0.2) is 0 Å². The molecular formula is C18H20N2. The zero-order valence-electron chi connectivity index (χ0n) is 12.0. The van der Waals surface area contributed by atoms with Gasteiger partial charge in [0.25, 0.3) is 0 Å². The summed E-state index contributed by atoms with van der Waals surface area (Å²) in [4.78, 5) is 2.74. The number of hydrogen-bond acceptors (Lipinski definition) is 1. The van der Waals surface area contributed by atoms with E-state index < -0.39 is 0 Å². The molecule has 4 heterocycles. The van der Waals surface area contributed by atoms with Crippen LogP contribution in [0.25, 0.3) is 17.1 Å². The number of benzene rings is 1. The highest BCUT2D eigenvalue weighted by Gasteiger charge is 2.42. The standard InChI is InChI=1S/C18H20N2/c1-12-11-20-16-7-3-2-5-14(16)15-8-10-19-9-4-6-13(12)17(19)18(15)20/h2-3,5,7,11,13,17H,4,6,8-10H2,1H3/t13-,17+/m0/s1. The fourth-order valence-corrected chi connectivity index (χ4v) is 4.79. The van der Waals surface area contributed by atoms with Gasteiger partial charge in [0, 0.05) is 29.7 Å². The summed E-state index contributed by atoms with van der Waals surface area (Å²) in [7, 11) is 0. The Hall–Kier alpha value is -1.54. The van der Waals surface area contributed by atoms with Gasteiger partial charge in [0.1, 0.15) is 0 Å². The normalized spacial score (nSPS) is 28.4. The molecule has 1 aromatic carbocycles. The molecule has 0 radical (unpaired) electrons. The monoisotopic (exact) mass is 264 g/mol. The lowest BCUT2D eigenvalue weighted by atomic mass is 9.77. The lowest BCUT2D eigenvalue weighted by molar-refractivity contribution is 0.0929. The van der Waals surface area contributed by atoms with Gasteiger partial charge in [-0.15, -0.1) is 0 Å². The van der Waals surface area contributed by atoms with E-state index in [9.17, 15) is 0 Å². The van der Waals surface area contributed by atoms with Crippen molar-refractivity contribution in [3.05, 3.63) is 41.1 Å². The molecule has 1 saturated heterocycles. The van der Waals surface area contributed by atoms with Crippen LogP contribution in [0.4, 0.5) is 0 Å². The summed E-state index contributed by atoms with van der Waals surface area (Å²) in [5.74, 6) is 0.750. The quantitative estimate of drug-likeness (QED) is 0.702. The van der Waals surface area contributed by atoms with Crippen LogP contribution in [-0.2, 0) is 6.42 Å². The van der Waals surface area contributed by atoms with E-state index in [1.54, 1.807) is 16.8 Å². The molecule has 0 spiro atoms. The highest BCUT2D eigenvalue weighted by Crippen LogP contribution is 2.49. The van der Waals surface area contributed by atoms with Crippen LogP contribution < -0.4 is 0 Å². The maximum Gasteiger partial charge on any atom is 0.0573 e. The van der Waals surface area contributed by atoms with E-state index in [1.807, 2.05) is 0 Å². The van der Waals surface area contributed by atoms with Crippen molar-refractivity contribution in [2.45, 2.75) is 32.2 Å². The Morgan fingerprint density at radius 2 is 2.05 bits per heavy atom. The van der Waals surface area contributed by atoms with Crippen molar-refractivity contribution >= 4 is 17.1 Å². The van der Waals surface area contributed by atoms with E-state index in [1.165, 1.54) is 43.3 Å². The number of hydrogen-bond donors (Lipinski definition) is 0. The van der Waals surface area contributed by atoms with Crippen LogP contribution in [0.15, 0.2) is 29.8 Å². The maximum absolute atomic E-state index is 2.74. The Morgan fingerprint density at radius 1 is 1.15 bits per heavy atom. The van der Waals surface area contributed by atoms with Crippen molar-refractivity contribution in [1.82, 2.24) is 9.47 Å². The van der Waals surface area contributed by atoms with Gasteiger partial charge in [0.15, 0.2) is 0 Å². The second-order valence-corrected chi connectivity index (χ2v) is 6.60. The Balaban J connectivity index is 1.88. The fraction of sp³-hybridized carbons (Fsp3) is 0.444. The molecule has 1 aromatic heterocycles. The summed E-state index contributed by atoms with van der Waals surface area (Å²) < 4.78 is 2.50. The van der Waals surface area contributed by atoms with Crippen molar-refractivity contribution in [2.75, 3.05) is 13.1 Å². The lowest BCUT2D eigenvalue weighted by Gasteiger charge is -2.47. The summed E-state index contributed by atoms with van der Waals surface area (Å²) >= 11 is 0. The molecule has 0 N–H and O–H groups in total. The molecule has 2 atom stereocenters. The number of aromatic nitrogens is 1. The van der Waals surface area contributed by atoms with Crippen molar-refractivity contribution in [3.63, 3.8) is 0 Å². The first-order valence-electron chi connectivity index (χ1n) is 7.88. The van der Waals surface area contributed by atoms with Gasteiger partial charge >= 0.3 is 0 Å². The van der Waals surface area contributed by atoms with Crippen LogP contribution in [0, 0.1) is 5.92 Å². The molecule has 1 fully saturated rings. The Morgan fingerprint density at radius 3 is 3.00 bits per heavy atom. The zero-order valence-corrected chi connectivity index (χ0v) is 12.0. The Labute approximate surface area is 119 Å². The average Bonchev–Trinajstić information content (AvgIpc) is 2.82. The van der Waals surface area contributed by atoms with Gasteiger partial charge in [-0.3, -0.25) is 4.90 Å². The van der Waals surface area contributed by atoms with Gasteiger partial charge in [0.05, 0.1) is 11.6 Å². The first-order chi connectivity index (χ1) is 9.84. The summed E-state index contributed by atoms with van der Waals surface area (Å²) in [5, 5.41) is 1.48. The average molecular weight is 264 g/mol. The van der Waals surface area contributed by atoms with E-state index in [4.69, 9.17) is 0 Å². The molecular weight excluding hydrogens is 244 g/mol. The van der Waals surface area contributed by atoms with Crippen LogP contribution in [0.3, 0.4) is 0 Å². The maximum atomic E-state index is 2.74. The minimum absolute atomic E-state index is 0.643. The van der Waals surface area contributed by atoms with Crippen LogP contribution >= 0.6 is 0 Å². The van der Waals surface area contributed by atoms with Crippen LogP contribution in [-0.4, -0.2) is 22.6 Å². The molecule has 0 amide bonds. The van der Waals surface area contributed by atoms with Crippen LogP contribution in [0.5, 0.6) is 0 Å². The molecule has 3 aliphatic rings. The Kier molecular flexibility index (Phi) is 2.10. The molecule has 2 nitrogen and oxygen atoms in total. The molecule has 20 heavy (non-hydrogen) atoms. The summed E-state index contributed by atoms with van der Waals surface area (Å²) in [6.07, 6.45) is 6.36. The lowest BCUT2D eigenvalue weighted by Crippen LogP contribution is -2.45. The number of fused-ring (bicyclic) bond motifs is 3. The van der Waals surface area contributed by atoms with Crippen molar-refractivity contribution < 1.29 is 0 Å². The molecule has 2 aromatic rings. The smallest absolute Gasteiger partial charge is 0.0573 e. The van der Waals surface area contributed by atoms with Crippen LogP contribution in [0.2, 0.25) is 0 Å². The van der Waals surface area contributed by atoms with Crippen molar-refractivity contribution in [2.24, 2.45) is 5.92 Å². The molecule has 2 heteroatoms. The van der Waals surface area contributed by atoms with E-state index in [0.717, 1.165) is 5.92 Å². The predicted octanol–water partition coefficient (Wildman–Crippen LogP) is 3.82. The second-order valence-electron chi connectivity index (χ2n) is 6.60. The molecule has 0 saturated carbocycles. The SMILES string of the molecule is CC1=Cn2c3c(c4ccccc42)CCN2CCC[C@@H]1[C@H]32. The third-order valence-electron chi connectivity index (χ3n) is 5.64. The molecule has 5 rings (SSSR count). The minimum atomic E-state index is 0.643. The largest absolute Gasteiger partial charge is 0.318 e. The number of rotatable bonds is 0. The first-order valence-corrected chi connectivity index (χ1v) is 7.88. The number of para-hydroxylation sites is 1. The minimum Gasteiger partial charge on any atom is -0.318 e. The third kappa shape index (κ3) is 1.23. The molecule has 0 unspecified atom stereocenters. The number of nitrogens with zero attached hydrogens (tertiary/aromatic N) is 2. The van der Waals surface area contributed by atoms with E-state index in [0.29, 0.717) is 6.04 Å². The third-order valence-corrected chi connectivity index (χ3v) is 5.64. The zero-order chi connectivity index (χ0) is 13.3. The van der Waals surface area contributed by atoms with Gasteiger partial charge in [0.2, 0.25) is 0 Å². The summed E-state index contributed by atoms with van der Waals surface area (Å²) in [6.45, 7) is 4.87. The fourth-order valence-electron chi connectivity index (χ4n) is 4.79. The predicted molar refractivity (Wildman–Crippen MR) is 82.6 cm³/mol. The summed E-state index contributed by atoms with van der Waals surface area (Å²) in [6, 6.07) is 9.60. The number of piperidine rings is 1. The van der Waals surface area contributed by atoms with Crippen molar-refractivity contribution in [1.29, 1.82) is 0 Å². The van der Waals surface area contributed by atoms with Gasteiger partial charge in [-0.2, -0.15) is 0 Å². The molecule has 0 aliphatic carbocycles. The van der Waals surface area contributed by atoms with E-state index in [2.05, 4.69) is 46.9 Å².